The molecule has 1 fully saturated rings. The monoisotopic (exact) mass is 252 g/mol. The third-order valence-electron chi connectivity index (χ3n) is 4.08. The van der Waals surface area contributed by atoms with E-state index in [0.29, 0.717) is 18.1 Å². The van der Waals surface area contributed by atoms with Crippen LogP contribution in [0.5, 0.6) is 0 Å². The van der Waals surface area contributed by atoms with Crippen molar-refractivity contribution in [3.63, 3.8) is 0 Å². The zero-order valence-electron chi connectivity index (χ0n) is 10.9. The summed E-state index contributed by atoms with van der Waals surface area (Å²) in [4.78, 5) is 3.98. The highest BCUT2D eigenvalue weighted by Crippen LogP contribution is 2.24. The zero-order valence-corrected chi connectivity index (χ0v) is 11.7. The van der Waals surface area contributed by atoms with Crippen molar-refractivity contribution in [3.05, 3.63) is 22.4 Å². The van der Waals surface area contributed by atoms with E-state index in [9.17, 15) is 0 Å². The predicted octanol–water partition coefficient (Wildman–Crippen LogP) is 2.88. The molecule has 2 nitrogen and oxygen atoms in total. The molecule has 0 amide bonds. The van der Waals surface area contributed by atoms with Crippen molar-refractivity contribution in [3.8, 4) is 0 Å². The van der Waals surface area contributed by atoms with Crippen LogP contribution in [0.2, 0.25) is 0 Å². The molecule has 3 unspecified atom stereocenters. The average Bonchev–Trinajstić information content (AvgIpc) is 2.81. The van der Waals surface area contributed by atoms with Gasteiger partial charge in [0.2, 0.25) is 0 Å². The second kappa shape index (κ2) is 5.98. The first-order valence-corrected chi connectivity index (χ1v) is 7.56. The Kier molecular flexibility index (Phi) is 4.60. The topological polar surface area (TPSA) is 29.3 Å². The van der Waals surface area contributed by atoms with Gasteiger partial charge in [0.15, 0.2) is 0 Å². The molecule has 17 heavy (non-hydrogen) atoms. The first kappa shape index (κ1) is 13.1. The summed E-state index contributed by atoms with van der Waals surface area (Å²) in [5, 5.41) is 2.16. The number of nitrogens with zero attached hydrogens (tertiary/aromatic N) is 1. The molecule has 1 aliphatic rings. The number of likely N-dealkylation sites (N-methyl/N-ethyl adjacent to an activating group) is 1. The maximum absolute atomic E-state index is 6.25. The first-order valence-electron chi connectivity index (χ1n) is 6.68. The van der Waals surface area contributed by atoms with Crippen LogP contribution < -0.4 is 5.73 Å². The first-order chi connectivity index (χ1) is 8.18. The molecule has 1 saturated carbocycles. The number of nitrogens with two attached hydrogens (primary N) is 1. The van der Waals surface area contributed by atoms with Crippen molar-refractivity contribution in [2.24, 2.45) is 5.73 Å². The molecular formula is C14H24N2S. The lowest BCUT2D eigenvalue weighted by Gasteiger charge is -2.39. The predicted molar refractivity (Wildman–Crippen MR) is 75.5 cm³/mol. The quantitative estimate of drug-likeness (QED) is 0.893. The van der Waals surface area contributed by atoms with Gasteiger partial charge in [0.25, 0.3) is 0 Å². The SMILES string of the molecule is CC(Cc1cccs1)N(C)C1CCCCC1N. The van der Waals surface area contributed by atoms with E-state index in [1.807, 2.05) is 11.3 Å². The van der Waals surface area contributed by atoms with Gasteiger partial charge in [-0.05, 0) is 44.7 Å². The second-order valence-corrected chi connectivity index (χ2v) is 6.35. The van der Waals surface area contributed by atoms with Crippen LogP contribution in [0.25, 0.3) is 0 Å². The Morgan fingerprint density at radius 1 is 1.47 bits per heavy atom. The van der Waals surface area contributed by atoms with Crippen molar-refractivity contribution >= 4 is 11.3 Å². The largest absolute Gasteiger partial charge is 0.326 e. The molecule has 0 aromatic carbocycles. The molecule has 2 N–H and O–H groups in total. The van der Waals surface area contributed by atoms with E-state index in [2.05, 4.69) is 36.4 Å². The second-order valence-electron chi connectivity index (χ2n) is 5.31. The number of rotatable bonds is 4. The van der Waals surface area contributed by atoms with E-state index < -0.39 is 0 Å². The summed E-state index contributed by atoms with van der Waals surface area (Å²) in [6, 6.07) is 5.91. The molecule has 2 rings (SSSR count). The van der Waals surface area contributed by atoms with Gasteiger partial charge in [-0.25, -0.2) is 0 Å². The molecule has 1 aromatic heterocycles. The van der Waals surface area contributed by atoms with Crippen molar-refractivity contribution in [2.45, 2.75) is 57.2 Å². The lowest BCUT2D eigenvalue weighted by Crippen LogP contribution is -2.51. The molecule has 3 heteroatoms. The third kappa shape index (κ3) is 3.30. The summed E-state index contributed by atoms with van der Waals surface area (Å²) in [5.41, 5.74) is 6.25. The van der Waals surface area contributed by atoms with Crippen LogP contribution in [0.4, 0.5) is 0 Å². The maximum atomic E-state index is 6.25. The van der Waals surface area contributed by atoms with E-state index in [-0.39, 0.29) is 0 Å². The Morgan fingerprint density at radius 3 is 2.88 bits per heavy atom. The minimum Gasteiger partial charge on any atom is -0.326 e. The van der Waals surface area contributed by atoms with Gasteiger partial charge < -0.3 is 5.73 Å². The normalized spacial score (nSPS) is 27.3. The Labute approximate surface area is 109 Å². The van der Waals surface area contributed by atoms with E-state index in [1.54, 1.807) is 0 Å². The fourth-order valence-electron chi connectivity index (χ4n) is 2.84. The Balaban J connectivity index is 1.91. The average molecular weight is 252 g/mol. The fraction of sp³-hybridized carbons (Fsp3) is 0.714. The van der Waals surface area contributed by atoms with Gasteiger partial charge in [0, 0.05) is 23.0 Å². The molecule has 0 radical (unpaired) electrons. The van der Waals surface area contributed by atoms with E-state index in [4.69, 9.17) is 5.73 Å². The van der Waals surface area contributed by atoms with Crippen LogP contribution in [0, 0.1) is 0 Å². The highest BCUT2D eigenvalue weighted by Gasteiger charge is 2.27. The minimum absolute atomic E-state index is 0.375. The molecule has 0 bridgehead atoms. The molecule has 3 atom stereocenters. The van der Waals surface area contributed by atoms with Crippen LogP contribution in [-0.4, -0.2) is 30.1 Å². The van der Waals surface area contributed by atoms with Crippen LogP contribution in [-0.2, 0) is 6.42 Å². The van der Waals surface area contributed by atoms with Crippen LogP contribution in [0.3, 0.4) is 0 Å². The molecule has 96 valence electrons. The van der Waals surface area contributed by atoms with Crippen molar-refractivity contribution in [1.29, 1.82) is 0 Å². The van der Waals surface area contributed by atoms with Crippen molar-refractivity contribution < 1.29 is 0 Å². The minimum atomic E-state index is 0.375. The summed E-state index contributed by atoms with van der Waals surface area (Å²) in [6.45, 7) is 2.32. The summed E-state index contributed by atoms with van der Waals surface area (Å²) < 4.78 is 0. The standard InChI is InChI=1S/C14H24N2S/c1-11(10-12-6-5-9-17-12)16(2)14-8-4-3-7-13(14)15/h5-6,9,11,13-14H,3-4,7-8,10,15H2,1-2H3. The smallest absolute Gasteiger partial charge is 0.0247 e. The van der Waals surface area contributed by atoms with Gasteiger partial charge in [0.1, 0.15) is 0 Å². The highest BCUT2D eigenvalue weighted by atomic mass is 32.1. The summed E-state index contributed by atoms with van der Waals surface area (Å²) in [6.07, 6.45) is 6.27. The maximum Gasteiger partial charge on any atom is 0.0247 e. The van der Waals surface area contributed by atoms with Gasteiger partial charge in [-0.3, -0.25) is 4.90 Å². The summed E-state index contributed by atoms with van der Waals surface area (Å²) in [5.74, 6) is 0. The molecule has 1 aliphatic carbocycles. The zero-order chi connectivity index (χ0) is 12.3. The summed E-state index contributed by atoms with van der Waals surface area (Å²) in [7, 11) is 2.24. The van der Waals surface area contributed by atoms with Crippen molar-refractivity contribution in [1.82, 2.24) is 4.90 Å². The van der Waals surface area contributed by atoms with Gasteiger partial charge in [-0.1, -0.05) is 18.9 Å². The summed E-state index contributed by atoms with van der Waals surface area (Å²) >= 11 is 1.86. The molecular weight excluding hydrogens is 228 g/mol. The Bertz CT molecular complexity index is 323. The van der Waals surface area contributed by atoms with Crippen LogP contribution in [0.15, 0.2) is 17.5 Å². The number of hydrogen-bond donors (Lipinski definition) is 1. The van der Waals surface area contributed by atoms with Crippen LogP contribution in [0.1, 0.15) is 37.5 Å². The van der Waals surface area contributed by atoms with E-state index in [0.717, 1.165) is 6.42 Å². The Hall–Kier alpha value is -0.380. The molecule has 1 aromatic rings. The molecule has 0 aliphatic heterocycles. The van der Waals surface area contributed by atoms with Crippen molar-refractivity contribution in [2.75, 3.05) is 7.05 Å². The van der Waals surface area contributed by atoms with Gasteiger partial charge >= 0.3 is 0 Å². The van der Waals surface area contributed by atoms with E-state index in [1.165, 1.54) is 30.6 Å². The van der Waals surface area contributed by atoms with Gasteiger partial charge in [-0.15, -0.1) is 11.3 Å². The van der Waals surface area contributed by atoms with Gasteiger partial charge in [0.05, 0.1) is 0 Å². The van der Waals surface area contributed by atoms with Crippen LogP contribution >= 0.6 is 11.3 Å². The molecule has 0 spiro atoms. The fourth-order valence-corrected chi connectivity index (χ4v) is 3.66. The van der Waals surface area contributed by atoms with Gasteiger partial charge in [-0.2, -0.15) is 0 Å². The van der Waals surface area contributed by atoms with E-state index >= 15 is 0 Å². The lowest BCUT2D eigenvalue weighted by atomic mass is 9.89. The molecule has 0 saturated heterocycles. The molecule has 1 heterocycles. The number of hydrogen-bond acceptors (Lipinski definition) is 3. The number of thiophene rings is 1. The lowest BCUT2D eigenvalue weighted by molar-refractivity contribution is 0.128. The highest BCUT2D eigenvalue weighted by molar-refractivity contribution is 7.09. The third-order valence-corrected chi connectivity index (χ3v) is 4.98. The Morgan fingerprint density at radius 2 is 2.24 bits per heavy atom.